The summed E-state index contributed by atoms with van der Waals surface area (Å²) < 4.78 is 0. The molecule has 110 valence electrons. The van der Waals surface area contributed by atoms with Gasteiger partial charge in [-0.2, -0.15) is 0 Å². The van der Waals surface area contributed by atoms with Crippen LogP contribution in [0.15, 0.2) is 0 Å². The molecule has 0 radical (unpaired) electrons. The number of carbonyl (C=O) groups is 1. The molecule has 4 heteroatoms. The number of aliphatic hydroxyl groups is 1. The lowest BCUT2D eigenvalue weighted by atomic mass is 9.74. The third kappa shape index (κ3) is 3.48. The number of rotatable bonds is 4. The van der Waals surface area contributed by atoms with Crippen LogP contribution in [0.2, 0.25) is 0 Å². The molecule has 1 aliphatic carbocycles. The number of aliphatic hydroxyl groups excluding tert-OH is 1. The summed E-state index contributed by atoms with van der Waals surface area (Å²) in [6.07, 6.45) is 7.52. The molecule has 2 fully saturated rings. The van der Waals surface area contributed by atoms with Gasteiger partial charge in [-0.05, 0) is 38.8 Å². The standard InChI is InChI=1S/C15H28N2O2/c1-14(7-9-16-10-8-14)13(19)17-11-15(12-18)5-3-2-4-6-15/h16,18H,2-12H2,1H3,(H,17,19). The zero-order valence-corrected chi connectivity index (χ0v) is 12.1. The van der Waals surface area contributed by atoms with Crippen molar-refractivity contribution in [1.82, 2.24) is 10.6 Å². The fourth-order valence-corrected chi connectivity index (χ4v) is 3.38. The molecular weight excluding hydrogens is 240 g/mol. The number of amides is 1. The van der Waals surface area contributed by atoms with E-state index in [9.17, 15) is 9.90 Å². The van der Waals surface area contributed by atoms with Gasteiger partial charge in [0, 0.05) is 17.4 Å². The summed E-state index contributed by atoms with van der Waals surface area (Å²) in [6.45, 7) is 4.76. The molecule has 1 amide bonds. The van der Waals surface area contributed by atoms with Crippen molar-refractivity contribution in [3.05, 3.63) is 0 Å². The Labute approximate surface area is 116 Å². The van der Waals surface area contributed by atoms with Crippen molar-refractivity contribution in [2.75, 3.05) is 26.2 Å². The molecule has 2 rings (SSSR count). The number of hydrogen-bond donors (Lipinski definition) is 3. The van der Waals surface area contributed by atoms with Crippen molar-refractivity contribution in [2.45, 2.75) is 51.9 Å². The monoisotopic (exact) mass is 268 g/mol. The third-order valence-electron chi connectivity index (χ3n) is 5.13. The fraction of sp³-hybridized carbons (Fsp3) is 0.933. The van der Waals surface area contributed by atoms with Crippen molar-refractivity contribution >= 4 is 5.91 Å². The van der Waals surface area contributed by atoms with E-state index < -0.39 is 0 Å². The lowest BCUT2D eigenvalue weighted by molar-refractivity contribution is -0.132. The second kappa shape index (κ2) is 6.23. The normalized spacial score (nSPS) is 25.8. The first kappa shape index (κ1) is 14.8. The summed E-state index contributed by atoms with van der Waals surface area (Å²) in [5.74, 6) is 0.174. The molecule has 0 aromatic carbocycles. The van der Waals surface area contributed by atoms with Crippen molar-refractivity contribution in [1.29, 1.82) is 0 Å². The predicted octanol–water partition coefficient (Wildman–Crippen LogP) is 1.44. The molecular formula is C15H28N2O2. The maximum Gasteiger partial charge on any atom is 0.226 e. The van der Waals surface area contributed by atoms with Crippen molar-refractivity contribution in [2.24, 2.45) is 10.8 Å². The van der Waals surface area contributed by atoms with Crippen LogP contribution in [-0.4, -0.2) is 37.3 Å². The first-order valence-electron chi connectivity index (χ1n) is 7.70. The molecule has 1 saturated carbocycles. The van der Waals surface area contributed by atoms with Crippen LogP contribution in [0.4, 0.5) is 0 Å². The molecule has 2 aliphatic rings. The van der Waals surface area contributed by atoms with Crippen LogP contribution >= 0.6 is 0 Å². The Bertz CT molecular complexity index is 305. The minimum atomic E-state index is -0.226. The van der Waals surface area contributed by atoms with E-state index in [4.69, 9.17) is 0 Å². The van der Waals surface area contributed by atoms with Crippen LogP contribution in [-0.2, 0) is 4.79 Å². The van der Waals surface area contributed by atoms with Crippen molar-refractivity contribution in [3.8, 4) is 0 Å². The van der Waals surface area contributed by atoms with E-state index in [1.165, 1.54) is 19.3 Å². The zero-order valence-electron chi connectivity index (χ0n) is 12.1. The Morgan fingerprint density at radius 2 is 1.79 bits per heavy atom. The van der Waals surface area contributed by atoms with Crippen LogP contribution in [0.25, 0.3) is 0 Å². The minimum Gasteiger partial charge on any atom is -0.396 e. The average molecular weight is 268 g/mol. The van der Waals surface area contributed by atoms with Crippen LogP contribution in [0, 0.1) is 10.8 Å². The van der Waals surface area contributed by atoms with Crippen molar-refractivity contribution in [3.63, 3.8) is 0 Å². The molecule has 0 spiro atoms. The quantitative estimate of drug-likeness (QED) is 0.723. The van der Waals surface area contributed by atoms with Gasteiger partial charge >= 0.3 is 0 Å². The predicted molar refractivity (Wildman–Crippen MR) is 75.8 cm³/mol. The van der Waals surface area contributed by atoms with Crippen molar-refractivity contribution < 1.29 is 9.90 Å². The Kier molecular flexibility index (Phi) is 4.85. The maximum atomic E-state index is 12.4. The number of nitrogens with one attached hydrogen (secondary N) is 2. The summed E-state index contributed by atoms with van der Waals surface area (Å²) in [5.41, 5.74) is -0.284. The van der Waals surface area contributed by atoms with Gasteiger partial charge in [-0.15, -0.1) is 0 Å². The summed E-state index contributed by atoms with van der Waals surface area (Å²) in [7, 11) is 0. The SMILES string of the molecule is CC1(C(=O)NCC2(CO)CCCCC2)CCNCC1. The Morgan fingerprint density at radius 3 is 2.37 bits per heavy atom. The maximum absolute atomic E-state index is 12.4. The van der Waals surface area contributed by atoms with E-state index in [-0.39, 0.29) is 23.3 Å². The molecule has 0 aromatic rings. The Balaban J connectivity index is 1.87. The van der Waals surface area contributed by atoms with Gasteiger partial charge in [-0.1, -0.05) is 26.2 Å². The summed E-state index contributed by atoms with van der Waals surface area (Å²) in [4.78, 5) is 12.4. The Hall–Kier alpha value is -0.610. The topological polar surface area (TPSA) is 61.4 Å². The molecule has 0 aromatic heterocycles. The number of carbonyl (C=O) groups excluding carboxylic acids is 1. The van der Waals surface area contributed by atoms with Gasteiger partial charge in [0.1, 0.15) is 0 Å². The molecule has 0 bridgehead atoms. The number of hydrogen-bond acceptors (Lipinski definition) is 3. The second-order valence-corrected chi connectivity index (χ2v) is 6.71. The highest BCUT2D eigenvalue weighted by Gasteiger charge is 2.37. The molecule has 1 heterocycles. The molecule has 4 nitrogen and oxygen atoms in total. The highest BCUT2D eigenvalue weighted by molar-refractivity contribution is 5.82. The van der Waals surface area contributed by atoms with E-state index >= 15 is 0 Å². The molecule has 3 N–H and O–H groups in total. The highest BCUT2D eigenvalue weighted by Crippen LogP contribution is 2.36. The smallest absolute Gasteiger partial charge is 0.226 e. The van der Waals surface area contributed by atoms with Gasteiger partial charge in [0.25, 0.3) is 0 Å². The van der Waals surface area contributed by atoms with Crippen LogP contribution in [0.1, 0.15) is 51.9 Å². The van der Waals surface area contributed by atoms with Gasteiger partial charge in [-0.25, -0.2) is 0 Å². The average Bonchev–Trinajstić information content (AvgIpc) is 2.46. The van der Waals surface area contributed by atoms with Crippen LogP contribution < -0.4 is 10.6 Å². The molecule has 1 saturated heterocycles. The lowest BCUT2D eigenvalue weighted by Gasteiger charge is -2.38. The van der Waals surface area contributed by atoms with E-state index in [0.29, 0.717) is 6.54 Å². The van der Waals surface area contributed by atoms with Gasteiger partial charge in [0.15, 0.2) is 0 Å². The zero-order chi connectivity index (χ0) is 13.8. The Morgan fingerprint density at radius 1 is 1.16 bits per heavy atom. The van der Waals surface area contributed by atoms with Gasteiger partial charge in [-0.3, -0.25) is 4.79 Å². The largest absolute Gasteiger partial charge is 0.396 e. The van der Waals surface area contributed by atoms with Crippen LogP contribution in [0.5, 0.6) is 0 Å². The van der Waals surface area contributed by atoms with E-state index in [0.717, 1.165) is 38.8 Å². The lowest BCUT2D eigenvalue weighted by Crippen LogP contribution is -2.49. The first-order chi connectivity index (χ1) is 9.10. The fourth-order valence-electron chi connectivity index (χ4n) is 3.38. The summed E-state index contributed by atoms with van der Waals surface area (Å²) in [5, 5.41) is 16.1. The van der Waals surface area contributed by atoms with Gasteiger partial charge in [0.05, 0.1) is 6.61 Å². The minimum absolute atomic E-state index is 0.0583. The summed E-state index contributed by atoms with van der Waals surface area (Å²) in [6, 6.07) is 0. The molecule has 1 aliphatic heterocycles. The highest BCUT2D eigenvalue weighted by atomic mass is 16.3. The third-order valence-corrected chi connectivity index (χ3v) is 5.13. The number of piperidine rings is 1. The van der Waals surface area contributed by atoms with Gasteiger partial charge in [0.2, 0.25) is 5.91 Å². The van der Waals surface area contributed by atoms with E-state index in [1.54, 1.807) is 0 Å². The molecule has 0 unspecified atom stereocenters. The second-order valence-electron chi connectivity index (χ2n) is 6.71. The first-order valence-corrected chi connectivity index (χ1v) is 7.70. The van der Waals surface area contributed by atoms with Crippen LogP contribution in [0.3, 0.4) is 0 Å². The van der Waals surface area contributed by atoms with Gasteiger partial charge < -0.3 is 15.7 Å². The van der Waals surface area contributed by atoms with E-state index in [1.807, 2.05) is 0 Å². The summed E-state index contributed by atoms with van der Waals surface area (Å²) >= 11 is 0. The molecule has 0 atom stereocenters. The molecule has 19 heavy (non-hydrogen) atoms. The van der Waals surface area contributed by atoms with E-state index in [2.05, 4.69) is 17.6 Å².